The van der Waals surface area contributed by atoms with Crippen LogP contribution in [-0.2, 0) is 11.2 Å². The van der Waals surface area contributed by atoms with Crippen LogP contribution in [-0.4, -0.2) is 40.4 Å². The number of hydrogen-bond acceptors (Lipinski definition) is 3. The maximum atomic E-state index is 11.5. The molecule has 18 heavy (non-hydrogen) atoms. The summed E-state index contributed by atoms with van der Waals surface area (Å²) in [6, 6.07) is 3.94. The first kappa shape index (κ1) is 13.4. The van der Waals surface area contributed by atoms with Gasteiger partial charge in [0.05, 0.1) is 12.6 Å². The van der Waals surface area contributed by atoms with Crippen LogP contribution in [0.4, 0.5) is 4.79 Å². The summed E-state index contributed by atoms with van der Waals surface area (Å²) in [6.07, 6.45) is -0.103. The number of amides is 1. The molecule has 2 rings (SSSR count). The number of carboxylic acid groups (broad SMARTS) is 1. The van der Waals surface area contributed by atoms with Crippen LogP contribution in [0, 0.1) is 0 Å². The lowest BCUT2D eigenvalue weighted by molar-refractivity contribution is 0.0596. The Morgan fingerprint density at radius 2 is 2.33 bits per heavy atom. The lowest BCUT2D eigenvalue weighted by atomic mass is 9.99. The predicted octanol–water partition coefficient (Wildman–Crippen LogP) is 2.84. The van der Waals surface area contributed by atoms with Crippen molar-refractivity contribution >= 4 is 17.4 Å². The highest BCUT2D eigenvalue weighted by molar-refractivity contribution is 7.09. The molecule has 2 heterocycles. The van der Waals surface area contributed by atoms with Gasteiger partial charge >= 0.3 is 6.09 Å². The Bertz CT molecular complexity index is 406. The third-order valence-electron chi connectivity index (χ3n) is 3.04. The van der Waals surface area contributed by atoms with Crippen LogP contribution in [0.2, 0.25) is 0 Å². The van der Waals surface area contributed by atoms with Gasteiger partial charge in [0.15, 0.2) is 0 Å². The number of nitrogens with zero attached hydrogens (tertiary/aromatic N) is 1. The minimum atomic E-state index is -0.875. The van der Waals surface area contributed by atoms with Gasteiger partial charge in [-0.3, -0.25) is 4.90 Å². The second-order valence-corrected chi connectivity index (χ2v) is 6.58. The molecule has 0 aliphatic carbocycles. The molecule has 0 spiro atoms. The maximum Gasteiger partial charge on any atom is 0.408 e. The zero-order valence-corrected chi connectivity index (χ0v) is 11.7. The van der Waals surface area contributed by atoms with Crippen LogP contribution < -0.4 is 0 Å². The van der Waals surface area contributed by atoms with Gasteiger partial charge in [-0.25, -0.2) is 4.79 Å². The van der Waals surface area contributed by atoms with E-state index in [1.165, 1.54) is 9.78 Å². The molecule has 1 fully saturated rings. The maximum absolute atomic E-state index is 11.5. The van der Waals surface area contributed by atoms with Crippen molar-refractivity contribution in [1.29, 1.82) is 0 Å². The summed E-state index contributed by atoms with van der Waals surface area (Å²) in [5.74, 6) is 0. The molecule has 1 aliphatic rings. The van der Waals surface area contributed by atoms with E-state index in [4.69, 9.17) is 4.74 Å². The Labute approximate surface area is 111 Å². The first-order valence-corrected chi connectivity index (χ1v) is 6.94. The van der Waals surface area contributed by atoms with Gasteiger partial charge in [-0.1, -0.05) is 6.07 Å². The van der Waals surface area contributed by atoms with Crippen LogP contribution in [0.5, 0.6) is 0 Å². The van der Waals surface area contributed by atoms with Gasteiger partial charge in [-0.15, -0.1) is 11.3 Å². The van der Waals surface area contributed by atoms with Crippen LogP contribution in [0.1, 0.15) is 25.6 Å². The van der Waals surface area contributed by atoms with Gasteiger partial charge in [0.2, 0.25) is 0 Å². The van der Waals surface area contributed by atoms with Crippen molar-refractivity contribution in [2.24, 2.45) is 0 Å². The van der Waals surface area contributed by atoms with Gasteiger partial charge in [0, 0.05) is 16.8 Å². The molecule has 1 unspecified atom stereocenters. The minimum Gasteiger partial charge on any atom is -0.465 e. The Morgan fingerprint density at radius 3 is 2.72 bits per heavy atom. The molecule has 100 valence electrons. The highest BCUT2D eigenvalue weighted by atomic mass is 32.1. The third kappa shape index (κ3) is 3.03. The van der Waals surface area contributed by atoms with Crippen molar-refractivity contribution in [2.45, 2.75) is 44.9 Å². The zero-order valence-electron chi connectivity index (χ0n) is 10.9. The van der Waals surface area contributed by atoms with E-state index in [0.717, 1.165) is 6.42 Å². The first-order chi connectivity index (χ1) is 8.39. The molecular formula is C13H19NO3S. The number of epoxide rings is 1. The number of ether oxygens (including phenoxy) is 1. The molecule has 0 radical (unpaired) electrons. The molecule has 5 heteroatoms. The fourth-order valence-corrected chi connectivity index (χ4v) is 2.98. The molecule has 1 amide bonds. The number of hydrogen-bond donors (Lipinski definition) is 1. The number of carbonyl (C=O) groups is 1. The van der Waals surface area contributed by atoms with Crippen molar-refractivity contribution in [3.05, 3.63) is 22.4 Å². The fraction of sp³-hybridized carbons (Fsp3) is 0.615. The van der Waals surface area contributed by atoms with Gasteiger partial charge in [-0.2, -0.15) is 0 Å². The average Bonchev–Trinajstić information content (AvgIpc) is 2.94. The molecule has 1 aliphatic heterocycles. The summed E-state index contributed by atoms with van der Waals surface area (Å²) in [6.45, 7) is 6.43. The Balaban J connectivity index is 2.19. The zero-order chi connectivity index (χ0) is 13.3. The van der Waals surface area contributed by atoms with Crippen molar-refractivity contribution in [3.8, 4) is 0 Å². The normalized spacial score (nSPS) is 20.5. The van der Waals surface area contributed by atoms with Crippen LogP contribution in [0.3, 0.4) is 0 Å². The highest BCUT2D eigenvalue weighted by Crippen LogP contribution is 2.29. The molecule has 2 atom stereocenters. The first-order valence-electron chi connectivity index (χ1n) is 6.06. The Morgan fingerprint density at radius 1 is 1.67 bits per heavy atom. The summed E-state index contributed by atoms with van der Waals surface area (Å²) < 4.78 is 5.35. The topological polar surface area (TPSA) is 53.1 Å². The van der Waals surface area contributed by atoms with E-state index in [0.29, 0.717) is 6.61 Å². The molecule has 0 bridgehead atoms. The van der Waals surface area contributed by atoms with Crippen molar-refractivity contribution in [1.82, 2.24) is 4.90 Å². The molecule has 1 saturated heterocycles. The van der Waals surface area contributed by atoms with Crippen molar-refractivity contribution < 1.29 is 14.6 Å². The van der Waals surface area contributed by atoms with Crippen molar-refractivity contribution in [2.75, 3.05) is 6.61 Å². The molecule has 0 saturated carbocycles. The van der Waals surface area contributed by atoms with E-state index in [1.54, 1.807) is 11.3 Å². The van der Waals surface area contributed by atoms with E-state index >= 15 is 0 Å². The summed E-state index contributed by atoms with van der Waals surface area (Å²) >= 11 is 1.66. The van der Waals surface area contributed by atoms with Gasteiger partial charge < -0.3 is 9.84 Å². The van der Waals surface area contributed by atoms with E-state index in [2.05, 4.69) is 0 Å². The second-order valence-electron chi connectivity index (χ2n) is 5.55. The SMILES string of the molecule is CC(C)(C)N(C(=O)O)[C@@H](Cc1cccs1)C1CO1. The van der Waals surface area contributed by atoms with E-state index in [-0.39, 0.29) is 12.1 Å². The summed E-state index contributed by atoms with van der Waals surface area (Å²) in [5, 5.41) is 11.5. The Hall–Kier alpha value is -1.07. The van der Waals surface area contributed by atoms with E-state index in [9.17, 15) is 9.90 Å². The quantitative estimate of drug-likeness (QED) is 0.855. The summed E-state index contributed by atoms with van der Waals surface area (Å²) in [4.78, 5) is 14.3. The van der Waals surface area contributed by atoms with Gasteiger partial charge in [-0.05, 0) is 32.2 Å². The predicted molar refractivity (Wildman–Crippen MR) is 71.2 cm³/mol. The molecule has 4 nitrogen and oxygen atoms in total. The van der Waals surface area contributed by atoms with Gasteiger partial charge in [0.1, 0.15) is 6.10 Å². The van der Waals surface area contributed by atoms with Crippen molar-refractivity contribution in [3.63, 3.8) is 0 Å². The lowest BCUT2D eigenvalue weighted by Crippen LogP contribution is -2.54. The molecule has 1 aromatic heterocycles. The second kappa shape index (κ2) is 4.90. The van der Waals surface area contributed by atoms with Crippen LogP contribution in [0.15, 0.2) is 17.5 Å². The summed E-state index contributed by atoms with van der Waals surface area (Å²) in [5.41, 5.74) is -0.417. The number of rotatable bonds is 4. The highest BCUT2D eigenvalue weighted by Gasteiger charge is 2.43. The largest absolute Gasteiger partial charge is 0.465 e. The molecule has 0 aromatic carbocycles. The summed E-state index contributed by atoms with van der Waals surface area (Å²) in [7, 11) is 0. The smallest absolute Gasteiger partial charge is 0.408 e. The standard InChI is InChI=1S/C13H19NO3S/c1-13(2,3)14(12(15)16)10(11-8-17-11)7-9-5-4-6-18-9/h4-6,10-11H,7-8H2,1-3H3,(H,15,16)/t10-,11?/m0/s1. The third-order valence-corrected chi connectivity index (χ3v) is 3.94. The lowest BCUT2D eigenvalue weighted by Gasteiger charge is -2.39. The van der Waals surface area contributed by atoms with Gasteiger partial charge in [0.25, 0.3) is 0 Å². The molecular weight excluding hydrogens is 250 g/mol. The molecule has 1 aromatic rings. The minimum absolute atomic E-state index is 0.0439. The molecule has 1 N–H and O–H groups in total. The van der Waals surface area contributed by atoms with E-state index in [1.807, 2.05) is 38.3 Å². The van der Waals surface area contributed by atoms with Crippen LogP contribution >= 0.6 is 11.3 Å². The van der Waals surface area contributed by atoms with E-state index < -0.39 is 11.6 Å². The average molecular weight is 269 g/mol. The monoisotopic (exact) mass is 269 g/mol. The number of thiophene rings is 1. The van der Waals surface area contributed by atoms with Crippen LogP contribution in [0.25, 0.3) is 0 Å². The Kier molecular flexibility index (Phi) is 3.64. The fourth-order valence-electron chi connectivity index (χ4n) is 2.23.